The van der Waals surface area contributed by atoms with Crippen molar-refractivity contribution in [3.8, 4) is 0 Å². The van der Waals surface area contributed by atoms with Crippen LogP contribution in [0.4, 0.5) is 25.0 Å². The van der Waals surface area contributed by atoms with E-state index in [4.69, 9.17) is 0 Å². The van der Waals surface area contributed by atoms with Crippen molar-refractivity contribution in [3.05, 3.63) is 59.2 Å². The number of piperazine rings is 1. The van der Waals surface area contributed by atoms with Gasteiger partial charge in [-0.1, -0.05) is 12.1 Å². The van der Waals surface area contributed by atoms with Gasteiger partial charge < -0.3 is 15.1 Å². The van der Waals surface area contributed by atoms with Gasteiger partial charge in [0.05, 0.1) is 0 Å². The average molecular weight is 345 g/mol. The maximum absolute atomic E-state index is 13.2. The average Bonchev–Trinajstić information content (AvgIpc) is 2.61. The van der Waals surface area contributed by atoms with Crippen molar-refractivity contribution in [2.75, 3.05) is 36.4 Å². The van der Waals surface area contributed by atoms with Crippen molar-refractivity contribution in [2.45, 2.75) is 13.8 Å². The van der Waals surface area contributed by atoms with Gasteiger partial charge in [-0.15, -0.1) is 0 Å². The van der Waals surface area contributed by atoms with E-state index in [0.29, 0.717) is 13.1 Å². The normalized spacial score (nSPS) is 14.6. The van der Waals surface area contributed by atoms with E-state index in [-0.39, 0.29) is 11.7 Å². The molecule has 2 aromatic rings. The Kier molecular flexibility index (Phi) is 4.88. The molecule has 3 rings (SSSR count). The minimum Gasteiger partial charge on any atom is -0.368 e. The zero-order valence-electron chi connectivity index (χ0n) is 14.4. The van der Waals surface area contributed by atoms with Crippen LogP contribution in [0.15, 0.2) is 36.4 Å². The number of halogens is 2. The molecular weight excluding hydrogens is 324 g/mol. The van der Waals surface area contributed by atoms with Crippen molar-refractivity contribution in [1.29, 1.82) is 0 Å². The SMILES string of the molecule is Cc1cccc(N2CCN(C(=O)Nc3ccc(F)c(F)c3)CC2)c1C. The number of anilines is 2. The lowest BCUT2D eigenvalue weighted by molar-refractivity contribution is 0.208. The van der Waals surface area contributed by atoms with Crippen LogP contribution < -0.4 is 10.2 Å². The number of rotatable bonds is 2. The van der Waals surface area contributed by atoms with E-state index in [0.717, 1.165) is 25.2 Å². The van der Waals surface area contributed by atoms with Crippen LogP contribution in [-0.2, 0) is 0 Å². The van der Waals surface area contributed by atoms with Crippen LogP contribution in [-0.4, -0.2) is 37.1 Å². The summed E-state index contributed by atoms with van der Waals surface area (Å²) in [5.74, 6) is -1.90. The molecule has 0 aliphatic carbocycles. The second-order valence-electron chi connectivity index (χ2n) is 6.25. The highest BCUT2D eigenvalue weighted by Gasteiger charge is 2.22. The topological polar surface area (TPSA) is 35.6 Å². The minimum absolute atomic E-state index is 0.251. The van der Waals surface area contributed by atoms with E-state index in [2.05, 4.69) is 36.2 Å². The predicted molar refractivity (Wildman–Crippen MR) is 95.1 cm³/mol. The molecule has 0 atom stereocenters. The Morgan fingerprint density at radius 1 is 1.00 bits per heavy atom. The summed E-state index contributed by atoms with van der Waals surface area (Å²) in [5.41, 5.74) is 3.94. The van der Waals surface area contributed by atoms with E-state index in [1.807, 2.05) is 6.07 Å². The summed E-state index contributed by atoms with van der Waals surface area (Å²) in [6.45, 7) is 6.80. The van der Waals surface area contributed by atoms with Crippen LogP contribution in [0.5, 0.6) is 0 Å². The molecule has 0 saturated carbocycles. The number of urea groups is 1. The van der Waals surface area contributed by atoms with E-state index in [1.165, 1.54) is 22.9 Å². The lowest BCUT2D eigenvalue weighted by atomic mass is 10.1. The Labute approximate surface area is 146 Å². The second kappa shape index (κ2) is 7.09. The molecule has 4 nitrogen and oxygen atoms in total. The number of nitrogens with one attached hydrogen (secondary N) is 1. The summed E-state index contributed by atoms with van der Waals surface area (Å²) in [7, 11) is 0. The van der Waals surface area contributed by atoms with Crippen LogP contribution in [0.3, 0.4) is 0 Å². The number of hydrogen-bond acceptors (Lipinski definition) is 2. The number of carbonyl (C=O) groups excluding carboxylic acids is 1. The Bertz CT molecular complexity index is 786. The number of amides is 2. The Morgan fingerprint density at radius 3 is 2.40 bits per heavy atom. The van der Waals surface area contributed by atoms with Gasteiger partial charge in [-0.25, -0.2) is 13.6 Å². The fourth-order valence-electron chi connectivity index (χ4n) is 3.01. The molecule has 1 N–H and O–H groups in total. The largest absolute Gasteiger partial charge is 0.368 e. The lowest BCUT2D eigenvalue weighted by Crippen LogP contribution is -2.50. The van der Waals surface area contributed by atoms with Gasteiger partial charge in [0.2, 0.25) is 0 Å². The van der Waals surface area contributed by atoms with E-state index in [1.54, 1.807) is 4.90 Å². The lowest BCUT2D eigenvalue weighted by Gasteiger charge is -2.37. The molecule has 2 aromatic carbocycles. The molecule has 1 aliphatic rings. The smallest absolute Gasteiger partial charge is 0.321 e. The van der Waals surface area contributed by atoms with Gasteiger partial charge in [0.15, 0.2) is 11.6 Å². The van der Waals surface area contributed by atoms with E-state index >= 15 is 0 Å². The number of carbonyl (C=O) groups is 1. The fraction of sp³-hybridized carbons (Fsp3) is 0.316. The molecule has 1 aliphatic heterocycles. The predicted octanol–water partition coefficient (Wildman–Crippen LogP) is 3.94. The molecule has 1 fully saturated rings. The first-order valence-electron chi connectivity index (χ1n) is 8.28. The third-order valence-corrected chi connectivity index (χ3v) is 4.65. The van der Waals surface area contributed by atoms with Crippen molar-refractivity contribution in [2.24, 2.45) is 0 Å². The quantitative estimate of drug-likeness (QED) is 0.895. The maximum Gasteiger partial charge on any atom is 0.321 e. The highest BCUT2D eigenvalue weighted by atomic mass is 19.2. The van der Waals surface area contributed by atoms with Gasteiger partial charge in [0.25, 0.3) is 0 Å². The first kappa shape index (κ1) is 17.2. The van der Waals surface area contributed by atoms with Gasteiger partial charge in [-0.3, -0.25) is 0 Å². The molecule has 2 amide bonds. The number of hydrogen-bond donors (Lipinski definition) is 1. The van der Waals surface area contributed by atoms with Gasteiger partial charge in [0, 0.05) is 43.6 Å². The third-order valence-electron chi connectivity index (χ3n) is 4.65. The molecular formula is C19H21F2N3O. The molecule has 132 valence electrons. The first-order valence-corrected chi connectivity index (χ1v) is 8.28. The van der Waals surface area contributed by atoms with Crippen molar-refractivity contribution in [3.63, 3.8) is 0 Å². The van der Waals surface area contributed by atoms with Gasteiger partial charge in [0.1, 0.15) is 0 Å². The molecule has 25 heavy (non-hydrogen) atoms. The van der Waals surface area contributed by atoms with Gasteiger partial charge in [-0.05, 0) is 43.2 Å². The van der Waals surface area contributed by atoms with Gasteiger partial charge >= 0.3 is 6.03 Å². The molecule has 0 bridgehead atoms. The molecule has 6 heteroatoms. The molecule has 0 aromatic heterocycles. The summed E-state index contributed by atoms with van der Waals surface area (Å²) in [6, 6.07) is 9.27. The summed E-state index contributed by atoms with van der Waals surface area (Å²) in [5, 5.41) is 2.62. The van der Waals surface area contributed by atoms with Crippen molar-refractivity contribution < 1.29 is 13.6 Å². The van der Waals surface area contributed by atoms with Crippen LogP contribution in [0, 0.1) is 25.5 Å². The molecule has 1 saturated heterocycles. The zero-order chi connectivity index (χ0) is 18.0. The van der Waals surface area contributed by atoms with Crippen molar-refractivity contribution in [1.82, 2.24) is 4.90 Å². The molecule has 0 unspecified atom stereocenters. The Hall–Kier alpha value is -2.63. The monoisotopic (exact) mass is 345 g/mol. The molecule has 1 heterocycles. The van der Waals surface area contributed by atoms with E-state index in [9.17, 15) is 13.6 Å². The number of nitrogens with zero attached hydrogens (tertiary/aromatic N) is 2. The summed E-state index contributed by atoms with van der Waals surface area (Å²) >= 11 is 0. The van der Waals surface area contributed by atoms with Crippen LogP contribution in [0.2, 0.25) is 0 Å². The van der Waals surface area contributed by atoms with Crippen molar-refractivity contribution >= 4 is 17.4 Å². The van der Waals surface area contributed by atoms with Gasteiger partial charge in [-0.2, -0.15) is 0 Å². The fourth-order valence-corrected chi connectivity index (χ4v) is 3.01. The van der Waals surface area contributed by atoms with Crippen LogP contribution >= 0.6 is 0 Å². The first-order chi connectivity index (χ1) is 12.0. The molecule has 0 radical (unpaired) electrons. The Morgan fingerprint density at radius 2 is 1.72 bits per heavy atom. The van der Waals surface area contributed by atoms with Crippen LogP contribution in [0.1, 0.15) is 11.1 Å². The summed E-state index contributed by atoms with van der Waals surface area (Å²) < 4.78 is 26.2. The summed E-state index contributed by atoms with van der Waals surface area (Å²) in [6.07, 6.45) is 0. The molecule has 0 spiro atoms. The number of benzene rings is 2. The number of aryl methyl sites for hydroxylation is 1. The zero-order valence-corrected chi connectivity index (χ0v) is 14.4. The van der Waals surface area contributed by atoms with Crippen LogP contribution in [0.25, 0.3) is 0 Å². The highest BCUT2D eigenvalue weighted by Crippen LogP contribution is 2.24. The maximum atomic E-state index is 13.2. The minimum atomic E-state index is -0.974. The second-order valence-corrected chi connectivity index (χ2v) is 6.25. The summed E-state index contributed by atoms with van der Waals surface area (Å²) in [4.78, 5) is 16.3. The Balaban J connectivity index is 1.60. The standard InChI is InChI=1S/C19H21F2N3O/c1-13-4-3-5-18(14(13)2)23-8-10-24(11-9-23)19(25)22-15-6-7-16(20)17(21)12-15/h3-7,12H,8-11H2,1-2H3,(H,22,25). The highest BCUT2D eigenvalue weighted by molar-refractivity contribution is 5.89. The van der Waals surface area contributed by atoms with E-state index < -0.39 is 11.6 Å². The third kappa shape index (κ3) is 3.73.